The number of rotatable bonds is 5. The van der Waals surface area contributed by atoms with Gasteiger partial charge < -0.3 is 15.8 Å². The molecule has 0 spiro atoms. The molecule has 1 aromatic rings. The zero-order valence-electron chi connectivity index (χ0n) is 9.03. The van der Waals surface area contributed by atoms with Gasteiger partial charge in [0.25, 0.3) is 5.91 Å². The predicted octanol–water partition coefficient (Wildman–Crippen LogP) is -0.161. The van der Waals surface area contributed by atoms with Crippen molar-refractivity contribution in [2.24, 2.45) is 5.73 Å². The van der Waals surface area contributed by atoms with Crippen molar-refractivity contribution >= 4 is 11.7 Å². The van der Waals surface area contributed by atoms with E-state index in [1.54, 1.807) is 19.2 Å². The molecule has 0 aliphatic heterocycles. The lowest BCUT2D eigenvalue weighted by Gasteiger charge is -2.05. The SMILES string of the molecule is COc1cccc(CNC(=O)C(=O)CN)c1. The summed E-state index contributed by atoms with van der Waals surface area (Å²) in [5, 5.41) is 2.48. The largest absolute Gasteiger partial charge is 0.497 e. The summed E-state index contributed by atoms with van der Waals surface area (Å²) in [5.41, 5.74) is 5.92. The normalized spacial score (nSPS) is 9.62. The minimum atomic E-state index is -0.662. The molecule has 0 atom stereocenters. The fourth-order valence-corrected chi connectivity index (χ4v) is 1.16. The summed E-state index contributed by atoms with van der Waals surface area (Å²) in [5.74, 6) is -0.579. The van der Waals surface area contributed by atoms with E-state index in [0.29, 0.717) is 5.75 Å². The summed E-state index contributed by atoms with van der Waals surface area (Å²) < 4.78 is 5.03. The minimum Gasteiger partial charge on any atom is -0.497 e. The van der Waals surface area contributed by atoms with Crippen LogP contribution in [0.3, 0.4) is 0 Å². The van der Waals surface area contributed by atoms with Gasteiger partial charge in [-0.2, -0.15) is 0 Å². The van der Waals surface area contributed by atoms with E-state index in [-0.39, 0.29) is 13.1 Å². The van der Waals surface area contributed by atoms with Crippen molar-refractivity contribution in [3.05, 3.63) is 29.8 Å². The number of benzene rings is 1. The second-order valence-corrected chi connectivity index (χ2v) is 3.16. The van der Waals surface area contributed by atoms with E-state index < -0.39 is 11.7 Å². The van der Waals surface area contributed by atoms with Crippen LogP contribution in [-0.4, -0.2) is 25.3 Å². The molecule has 3 N–H and O–H groups in total. The van der Waals surface area contributed by atoms with Crippen molar-refractivity contribution in [3.63, 3.8) is 0 Å². The molecular weight excluding hydrogens is 208 g/mol. The molecule has 0 aromatic heterocycles. The van der Waals surface area contributed by atoms with E-state index >= 15 is 0 Å². The molecule has 0 aliphatic carbocycles. The number of amides is 1. The highest BCUT2D eigenvalue weighted by Gasteiger charge is 2.10. The van der Waals surface area contributed by atoms with Gasteiger partial charge in [0, 0.05) is 6.54 Å². The zero-order chi connectivity index (χ0) is 12.0. The Labute approximate surface area is 93.6 Å². The first-order valence-electron chi connectivity index (χ1n) is 4.81. The average Bonchev–Trinajstić information content (AvgIpc) is 2.35. The molecule has 1 aromatic carbocycles. The third-order valence-electron chi connectivity index (χ3n) is 2.03. The lowest BCUT2D eigenvalue weighted by Crippen LogP contribution is -2.34. The topological polar surface area (TPSA) is 81.4 Å². The Kier molecular flexibility index (Phi) is 4.47. The van der Waals surface area contributed by atoms with Crippen LogP contribution in [0.25, 0.3) is 0 Å². The van der Waals surface area contributed by atoms with E-state index in [9.17, 15) is 9.59 Å². The highest BCUT2D eigenvalue weighted by atomic mass is 16.5. The van der Waals surface area contributed by atoms with Crippen LogP contribution in [-0.2, 0) is 16.1 Å². The molecule has 1 amide bonds. The maximum absolute atomic E-state index is 11.1. The lowest BCUT2D eigenvalue weighted by molar-refractivity contribution is -0.137. The van der Waals surface area contributed by atoms with Crippen molar-refractivity contribution in [2.75, 3.05) is 13.7 Å². The second kappa shape index (κ2) is 5.87. The summed E-state index contributed by atoms with van der Waals surface area (Å²) in [6.45, 7) is 0.00567. The molecule has 16 heavy (non-hydrogen) atoms. The lowest BCUT2D eigenvalue weighted by atomic mass is 10.2. The van der Waals surface area contributed by atoms with Crippen molar-refractivity contribution in [3.8, 4) is 5.75 Å². The molecule has 0 saturated carbocycles. The van der Waals surface area contributed by atoms with Crippen LogP contribution in [0.2, 0.25) is 0 Å². The Morgan fingerprint density at radius 2 is 2.19 bits per heavy atom. The first-order valence-corrected chi connectivity index (χ1v) is 4.81. The van der Waals surface area contributed by atoms with Crippen molar-refractivity contribution in [2.45, 2.75) is 6.54 Å². The smallest absolute Gasteiger partial charge is 0.289 e. The van der Waals surface area contributed by atoms with Gasteiger partial charge in [0.05, 0.1) is 13.7 Å². The van der Waals surface area contributed by atoms with Crippen LogP contribution in [0.4, 0.5) is 0 Å². The molecule has 5 nitrogen and oxygen atoms in total. The Morgan fingerprint density at radius 1 is 1.44 bits per heavy atom. The van der Waals surface area contributed by atoms with E-state index in [1.807, 2.05) is 12.1 Å². The van der Waals surface area contributed by atoms with Crippen LogP contribution in [0.15, 0.2) is 24.3 Å². The van der Waals surface area contributed by atoms with E-state index in [0.717, 1.165) is 5.56 Å². The zero-order valence-corrected chi connectivity index (χ0v) is 9.03. The third kappa shape index (κ3) is 3.36. The highest BCUT2D eigenvalue weighted by molar-refractivity contribution is 6.36. The summed E-state index contributed by atoms with van der Waals surface area (Å²) in [7, 11) is 1.57. The Morgan fingerprint density at radius 3 is 2.81 bits per heavy atom. The van der Waals surface area contributed by atoms with Gasteiger partial charge in [-0.05, 0) is 17.7 Å². The molecule has 1 rings (SSSR count). The second-order valence-electron chi connectivity index (χ2n) is 3.16. The number of ketones is 1. The fourth-order valence-electron chi connectivity index (χ4n) is 1.16. The molecule has 0 heterocycles. The van der Waals surface area contributed by atoms with Gasteiger partial charge in [-0.15, -0.1) is 0 Å². The quantitative estimate of drug-likeness (QED) is 0.678. The number of nitrogens with one attached hydrogen (secondary N) is 1. The summed E-state index contributed by atoms with van der Waals surface area (Å²) in [4.78, 5) is 22.0. The maximum Gasteiger partial charge on any atom is 0.289 e. The van der Waals surface area contributed by atoms with Gasteiger partial charge in [-0.1, -0.05) is 12.1 Å². The number of carbonyl (C=O) groups excluding carboxylic acids is 2. The van der Waals surface area contributed by atoms with Crippen molar-refractivity contribution in [1.82, 2.24) is 5.32 Å². The number of ether oxygens (including phenoxy) is 1. The van der Waals surface area contributed by atoms with Crippen molar-refractivity contribution < 1.29 is 14.3 Å². The molecule has 5 heteroatoms. The molecule has 0 saturated heterocycles. The fraction of sp³-hybridized carbons (Fsp3) is 0.273. The molecular formula is C11H14N2O3. The van der Waals surface area contributed by atoms with Gasteiger partial charge >= 0.3 is 0 Å². The van der Waals surface area contributed by atoms with Crippen LogP contribution >= 0.6 is 0 Å². The molecule has 0 fully saturated rings. The number of hydrogen-bond donors (Lipinski definition) is 2. The standard InChI is InChI=1S/C11H14N2O3/c1-16-9-4-2-3-8(5-9)7-13-11(15)10(14)6-12/h2-5H,6-7,12H2,1H3,(H,13,15). The monoisotopic (exact) mass is 222 g/mol. The Balaban J connectivity index is 2.54. The molecule has 86 valence electrons. The maximum atomic E-state index is 11.1. The van der Waals surface area contributed by atoms with Crippen LogP contribution in [0.5, 0.6) is 5.75 Å². The average molecular weight is 222 g/mol. The number of carbonyl (C=O) groups is 2. The number of methoxy groups -OCH3 is 1. The number of nitrogens with two attached hydrogens (primary N) is 1. The van der Waals surface area contributed by atoms with Crippen LogP contribution in [0.1, 0.15) is 5.56 Å². The third-order valence-corrected chi connectivity index (χ3v) is 2.03. The molecule has 0 bridgehead atoms. The molecule has 0 radical (unpaired) electrons. The summed E-state index contributed by atoms with van der Waals surface area (Å²) >= 11 is 0. The van der Waals surface area contributed by atoms with E-state index in [2.05, 4.69) is 5.32 Å². The number of Topliss-reactive ketones (excluding diaryl/α,β-unsaturated/α-hetero) is 1. The molecule has 0 unspecified atom stereocenters. The Bertz CT molecular complexity index is 391. The van der Waals surface area contributed by atoms with Gasteiger partial charge in [0.2, 0.25) is 5.78 Å². The van der Waals surface area contributed by atoms with Gasteiger partial charge in [0.15, 0.2) is 0 Å². The van der Waals surface area contributed by atoms with Gasteiger partial charge in [-0.3, -0.25) is 9.59 Å². The van der Waals surface area contributed by atoms with E-state index in [1.165, 1.54) is 0 Å². The Hall–Kier alpha value is -1.88. The van der Waals surface area contributed by atoms with Crippen molar-refractivity contribution in [1.29, 1.82) is 0 Å². The first kappa shape index (κ1) is 12.2. The van der Waals surface area contributed by atoms with E-state index in [4.69, 9.17) is 10.5 Å². The highest BCUT2D eigenvalue weighted by Crippen LogP contribution is 2.11. The predicted molar refractivity (Wildman–Crippen MR) is 58.9 cm³/mol. The van der Waals surface area contributed by atoms with Gasteiger partial charge in [0.1, 0.15) is 5.75 Å². The number of hydrogen-bond acceptors (Lipinski definition) is 4. The van der Waals surface area contributed by atoms with Gasteiger partial charge in [-0.25, -0.2) is 0 Å². The van der Waals surface area contributed by atoms with Crippen LogP contribution < -0.4 is 15.8 Å². The molecule has 0 aliphatic rings. The first-order chi connectivity index (χ1) is 7.67. The summed E-state index contributed by atoms with van der Waals surface area (Å²) in [6.07, 6.45) is 0. The summed E-state index contributed by atoms with van der Waals surface area (Å²) in [6, 6.07) is 7.23. The van der Waals surface area contributed by atoms with Crippen LogP contribution in [0, 0.1) is 0 Å². The minimum absolute atomic E-state index is 0.274.